The maximum absolute atomic E-state index is 12.5. The predicted octanol–water partition coefficient (Wildman–Crippen LogP) is 11.8. The summed E-state index contributed by atoms with van der Waals surface area (Å²) in [4.78, 5) is 22.4. The molecule has 0 amide bonds. The molecule has 0 aliphatic heterocycles. The van der Waals surface area contributed by atoms with Gasteiger partial charge in [0.2, 0.25) is 0 Å². The molecule has 2 unspecified atom stereocenters. The van der Waals surface area contributed by atoms with Crippen LogP contribution in [0.25, 0.3) is 0 Å². The van der Waals surface area contributed by atoms with Crippen molar-refractivity contribution >= 4 is 13.8 Å². The van der Waals surface area contributed by atoms with Crippen molar-refractivity contribution in [2.45, 2.75) is 168 Å². The Bertz CT molecular complexity index is 963. The Hall–Kier alpha value is -1.80. The highest BCUT2D eigenvalue weighted by molar-refractivity contribution is 7.47. The number of ether oxygens (including phenoxy) is 2. The fourth-order valence-corrected chi connectivity index (χ4v) is 5.98. The van der Waals surface area contributed by atoms with Crippen molar-refractivity contribution in [3.05, 3.63) is 60.8 Å². The second-order valence-corrected chi connectivity index (χ2v) is 14.6. The molecule has 0 fully saturated rings. The average molecular weight is 738 g/mol. The van der Waals surface area contributed by atoms with Crippen LogP contribution in [0.2, 0.25) is 0 Å². The van der Waals surface area contributed by atoms with Gasteiger partial charge in [-0.1, -0.05) is 139 Å². The van der Waals surface area contributed by atoms with Crippen LogP contribution in [0.4, 0.5) is 0 Å². The minimum Gasteiger partial charge on any atom is -0.457 e. The molecule has 0 radical (unpaired) electrons. The van der Waals surface area contributed by atoms with Crippen LogP contribution >= 0.6 is 7.82 Å². The molecule has 0 spiro atoms. The Morgan fingerprint density at radius 1 is 0.608 bits per heavy atom. The molecule has 0 rings (SSSR count). The molecule has 0 aromatic rings. The van der Waals surface area contributed by atoms with E-state index in [1.165, 1.54) is 57.8 Å². The summed E-state index contributed by atoms with van der Waals surface area (Å²) in [6.45, 7) is 4.73. The van der Waals surface area contributed by atoms with Crippen molar-refractivity contribution in [1.29, 1.82) is 0 Å². The van der Waals surface area contributed by atoms with Gasteiger partial charge in [-0.15, -0.1) is 0 Å². The van der Waals surface area contributed by atoms with Gasteiger partial charge in [0.25, 0.3) is 0 Å². The molecule has 0 saturated carbocycles. The Balaban J connectivity index is 4.12. The smallest absolute Gasteiger partial charge is 0.457 e. The third-order valence-electron chi connectivity index (χ3n) is 8.17. The van der Waals surface area contributed by atoms with Crippen LogP contribution < -0.4 is 5.73 Å². The monoisotopic (exact) mass is 738 g/mol. The molecule has 2 atom stereocenters. The second-order valence-electron chi connectivity index (χ2n) is 13.1. The molecule has 51 heavy (non-hydrogen) atoms. The van der Waals surface area contributed by atoms with Gasteiger partial charge in [0.05, 0.1) is 19.8 Å². The molecule has 0 aromatic heterocycles. The van der Waals surface area contributed by atoms with Gasteiger partial charge in [0, 0.05) is 19.6 Å². The van der Waals surface area contributed by atoms with E-state index < -0.39 is 13.9 Å². The number of hydrogen-bond donors (Lipinski definition) is 2. The highest BCUT2D eigenvalue weighted by Crippen LogP contribution is 2.43. The Morgan fingerprint density at radius 3 is 1.67 bits per heavy atom. The summed E-state index contributed by atoms with van der Waals surface area (Å²) in [5.74, 6) is -0.349. The van der Waals surface area contributed by atoms with E-state index in [0.717, 1.165) is 83.5 Å². The number of unbranched alkanes of at least 4 members (excludes halogenated alkanes) is 15. The lowest BCUT2D eigenvalue weighted by atomic mass is 10.1. The zero-order chi connectivity index (χ0) is 37.4. The number of esters is 1. The molecule has 8 nitrogen and oxygen atoms in total. The van der Waals surface area contributed by atoms with Crippen molar-refractivity contribution in [2.24, 2.45) is 5.73 Å². The summed E-state index contributed by atoms with van der Waals surface area (Å²) >= 11 is 0. The third kappa shape index (κ3) is 39.2. The standard InChI is InChI=1S/C42H76NO7P/c1-3-5-7-9-11-13-15-17-19-20-21-22-24-26-28-30-32-34-37-47-39-41(40-49-51(45,46)48-38-36-43)50-42(44)35-33-31-29-27-25-23-18-16-14-12-10-8-6-4-2/h5,7,11,13,16-19,21-22,41H,3-4,6,8-10,12,14-15,20,23-40,43H2,1-2H3,(H,45,46)/b7-5-,13-11-,18-16-,19-17-,22-21-. The molecule has 0 aromatic carbocycles. The number of rotatable bonds is 38. The van der Waals surface area contributed by atoms with Gasteiger partial charge < -0.3 is 20.1 Å². The van der Waals surface area contributed by atoms with Crippen molar-refractivity contribution in [3.63, 3.8) is 0 Å². The first-order valence-electron chi connectivity index (χ1n) is 20.3. The summed E-state index contributed by atoms with van der Waals surface area (Å²) in [7, 11) is -4.28. The lowest BCUT2D eigenvalue weighted by molar-refractivity contribution is -0.154. The number of phosphoric ester groups is 1. The van der Waals surface area contributed by atoms with Crippen molar-refractivity contribution in [1.82, 2.24) is 0 Å². The van der Waals surface area contributed by atoms with E-state index in [9.17, 15) is 14.3 Å². The van der Waals surface area contributed by atoms with Crippen LogP contribution in [-0.2, 0) is 27.9 Å². The molecule has 9 heteroatoms. The van der Waals surface area contributed by atoms with E-state index in [4.69, 9.17) is 24.3 Å². The first-order valence-corrected chi connectivity index (χ1v) is 21.8. The SMILES string of the molecule is CC/C=C\C/C=C\C/C=C\C/C=C\CCCCCCCOCC(COP(=O)(O)OCCN)OC(=O)CCCCCCC/C=C\CCCCCCC. The van der Waals surface area contributed by atoms with Gasteiger partial charge in [0.15, 0.2) is 0 Å². The minimum atomic E-state index is -4.28. The van der Waals surface area contributed by atoms with E-state index in [0.29, 0.717) is 13.0 Å². The van der Waals surface area contributed by atoms with Gasteiger partial charge in [-0.05, 0) is 77.0 Å². The van der Waals surface area contributed by atoms with E-state index >= 15 is 0 Å². The van der Waals surface area contributed by atoms with Crippen LogP contribution in [0, 0.1) is 0 Å². The van der Waals surface area contributed by atoms with Gasteiger partial charge in [-0.25, -0.2) is 4.57 Å². The van der Waals surface area contributed by atoms with Crippen molar-refractivity contribution in [3.8, 4) is 0 Å². The Kier molecular flexibility index (Phi) is 38.0. The van der Waals surface area contributed by atoms with E-state index in [1.54, 1.807) is 0 Å². The molecule has 296 valence electrons. The van der Waals surface area contributed by atoms with Crippen LogP contribution in [0.3, 0.4) is 0 Å². The average Bonchev–Trinajstić information content (AvgIpc) is 3.12. The molecule has 0 aliphatic carbocycles. The Morgan fingerprint density at radius 2 is 1.10 bits per heavy atom. The van der Waals surface area contributed by atoms with Gasteiger partial charge >= 0.3 is 13.8 Å². The molecular weight excluding hydrogens is 661 g/mol. The van der Waals surface area contributed by atoms with Crippen LogP contribution in [0.1, 0.15) is 162 Å². The first-order chi connectivity index (χ1) is 24.9. The number of nitrogens with two attached hydrogens (primary N) is 1. The maximum Gasteiger partial charge on any atom is 0.472 e. The lowest BCUT2D eigenvalue weighted by Gasteiger charge is -2.20. The number of allylic oxidation sites excluding steroid dienone is 10. The van der Waals surface area contributed by atoms with Gasteiger partial charge in [-0.2, -0.15) is 0 Å². The molecule has 0 saturated heterocycles. The molecule has 0 heterocycles. The van der Waals surface area contributed by atoms with Crippen LogP contribution in [0.15, 0.2) is 60.8 Å². The zero-order valence-corrected chi connectivity index (χ0v) is 33.5. The third-order valence-corrected chi connectivity index (χ3v) is 9.15. The van der Waals surface area contributed by atoms with Crippen molar-refractivity contribution in [2.75, 3.05) is 33.0 Å². The van der Waals surface area contributed by atoms with Gasteiger partial charge in [0.1, 0.15) is 6.10 Å². The molecule has 3 N–H and O–H groups in total. The van der Waals surface area contributed by atoms with Crippen LogP contribution in [-0.4, -0.2) is 49.9 Å². The predicted molar refractivity (Wildman–Crippen MR) is 215 cm³/mol. The highest BCUT2D eigenvalue weighted by atomic mass is 31.2. The molecule has 0 aliphatic rings. The first kappa shape index (κ1) is 49.2. The number of carbonyl (C=O) groups is 1. The summed E-state index contributed by atoms with van der Waals surface area (Å²) < 4.78 is 33.3. The Labute approximate surface area is 313 Å². The minimum absolute atomic E-state index is 0.0930. The zero-order valence-electron chi connectivity index (χ0n) is 32.6. The maximum atomic E-state index is 12.5. The number of hydrogen-bond acceptors (Lipinski definition) is 7. The largest absolute Gasteiger partial charge is 0.472 e. The highest BCUT2D eigenvalue weighted by Gasteiger charge is 2.25. The molecular formula is C42H76NO7P. The van der Waals surface area contributed by atoms with Crippen molar-refractivity contribution < 1.29 is 32.8 Å². The fraction of sp³-hybridized carbons (Fsp3) is 0.738. The summed E-state index contributed by atoms with van der Waals surface area (Å²) in [5.41, 5.74) is 5.36. The topological polar surface area (TPSA) is 117 Å². The fourth-order valence-electron chi connectivity index (χ4n) is 5.22. The summed E-state index contributed by atoms with van der Waals surface area (Å²) in [5, 5.41) is 0. The number of phosphoric acid groups is 1. The lowest BCUT2D eigenvalue weighted by Crippen LogP contribution is -2.28. The second kappa shape index (κ2) is 39.4. The normalized spacial score (nSPS) is 14.2. The number of carbonyl (C=O) groups excluding carboxylic acids is 1. The van der Waals surface area contributed by atoms with E-state index in [-0.39, 0.29) is 32.3 Å². The van der Waals surface area contributed by atoms with E-state index in [1.807, 2.05) is 0 Å². The summed E-state index contributed by atoms with van der Waals surface area (Å²) in [6, 6.07) is 0. The quantitative estimate of drug-likeness (QED) is 0.0278. The van der Waals surface area contributed by atoms with E-state index in [2.05, 4.69) is 74.6 Å². The summed E-state index contributed by atoms with van der Waals surface area (Å²) in [6.07, 6.45) is 46.6. The van der Waals surface area contributed by atoms with Crippen LogP contribution in [0.5, 0.6) is 0 Å². The molecule has 0 bridgehead atoms. The van der Waals surface area contributed by atoms with Gasteiger partial charge in [-0.3, -0.25) is 13.8 Å².